The van der Waals surface area contributed by atoms with E-state index in [2.05, 4.69) is 0 Å². The van der Waals surface area contributed by atoms with Gasteiger partial charge in [-0.15, -0.1) is 0 Å². The Morgan fingerprint density at radius 2 is 1.91 bits per heavy atom. The third-order valence-electron chi connectivity index (χ3n) is 4.23. The SMILES string of the molecule is Cc1cccc(N(CC(=O)N(C)C2CCCC2)S(C)(=O)=O)c1. The van der Waals surface area contributed by atoms with Gasteiger partial charge in [0.2, 0.25) is 15.9 Å². The summed E-state index contributed by atoms with van der Waals surface area (Å²) in [4.78, 5) is 14.2. The summed E-state index contributed by atoms with van der Waals surface area (Å²) >= 11 is 0. The van der Waals surface area contributed by atoms with E-state index < -0.39 is 10.0 Å². The number of anilines is 1. The molecule has 0 bridgehead atoms. The first-order valence-corrected chi connectivity index (χ1v) is 9.44. The number of rotatable bonds is 5. The van der Waals surface area contributed by atoms with Crippen molar-refractivity contribution in [3.05, 3.63) is 29.8 Å². The number of carbonyl (C=O) groups is 1. The van der Waals surface area contributed by atoms with Crippen LogP contribution in [0.1, 0.15) is 31.2 Å². The van der Waals surface area contributed by atoms with Crippen molar-refractivity contribution >= 4 is 21.6 Å². The second-order valence-corrected chi connectivity index (χ2v) is 7.96. The molecule has 0 atom stereocenters. The lowest BCUT2D eigenvalue weighted by atomic mass is 10.2. The lowest BCUT2D eigenvalue weighted by Crippen LogP contribution is -2.44. The largest absolute Gasteiger partial charge is 0.341 e. The number of hydrogen-bond acceptors (Lipinski definition) is 3. The zero-order valence-corrected chi connectivity index (χ0v) is 14.3. The normalized spacial score (nSPS) is 15.8. The van der Waals surface area contributed by atoms with Gasteiger partial charge in [-0.2, -0.15) is 0 Å². The highest BCUT2D eigenvalue weighted by Crippen LogP contribution is 2.24. The summed E-state index contributed by atoms with van der Waals surface area (Å²) < 4.78 is 25.3. The van der Waals surface area contributed by atoms with Crippen molar-refractivity contribution in [1.82, 2.24) is 4.90 Å². The van der Waals surface area contributed by atoms with Crippen LogP contribution in [0.5, 0.6) is 0 Å². The van der Waals surface area contributed by atoms with Crippen molar-refractivity contribution in [2.24, 2.45) is 0 Å². The van der Waals surface area contributed by atoms with Gasteiger partial charge in [0, 0.05) is 13.1 Å². The number of benzene rings is 1. The highest BCUT2D eigenvalue weighted by atomic mass is 32.2. The van der Waals surface area contributed by atoms with Crippen LogP contribution >= 0.6 is 0 Å². The third-order valence-corrected chi connectivity index (χ3v) is 5.38. The van der Waals surface area contributed by atoms with Crippen LogP contribution in [0.3, 0.4) is 0 Å². The molecule has 0 saturated heterocycles. The lowest BCUT2D eigenvalue weighted by molar-refractivity contribution is -0.130. The molecule has 1 aromatic rings. The van der Waals surface area contributed by atoms with Gasteiger partial charge in [-0.25, -0.2) is 8.42 Å². The number of hydrogen-bond donors (Lipinski definition) is 0. The van der Waals surface area contributed by atoms with Crippen molar-refractivity contribution in [3.8, 4) is 0 Å². The molecule has 1 aliphatic carbocycles. The summed E-state index contributed by atoms with van der Waals surface area (Å²) in [6.07, 6.45) is 5.42. The quantitative estimate of drug-likeness (QED) is 0.834. The van der Waals surface area contributed by atoms with Gasteiger partial charge >= 0.3 is 0 Å². The molecule has 5 nitrogen and oxygen atoms in total. The Hall–Kier alpha value is -1.56. The van der Waals surface area contributed by atoms with Crippen LogP contribution in [-0.2, 0) is 14.8 Å². The van der Waals surface area contributed by atoms with E-state index in [0.717, 1.165) is 37.5 Å². The van der Waals surface area contributed by atoms with Crippen molar-refractivity contribution in [3.63, 3.8) is 0 Å². The van der Waals surface area contributed by atoms with E-state index in [4.69, 9.17) is 0 Å². The Balaban J connectivity index is 2.18. The molecule has 1 aliphatic rings. The zero-order chi connectivity index (χ0) is 16.3. The molecule has 0 unspecified atom stereocenters. The molecule has 0 heterocycles. The van der Waals surface area contributed by atoms with Gasteiger partial charge in [-0.3, -0.25) is 9.10 Å². The van der Waals surface area contributed by atoms with Crippen molar-refractivity contribution < 1.29 is 13.2 Å². The summed E-state index contributed by atoms with van der Waals surface area (Å²) in [6, 6.07) is 7.44. The average Bonchev–Trinajstić information content (AvgIpc) is 2.96. The maximum Gasteiger partial charge on any atom is 0.243 e. The van der Waals surface area contributed by atoms with Crippen LogP contribution < -0.4 is 4.31 Å². The highest BCUT2D eigenvalue weighted by molar-refractivity contribution is 7.92. The van der Waals surface area contributed by atoms with E-state index in [-0.39, 0.29) is 18.5 Å². The summed E-state index contributed by atoms with van der Waals surface area (Å²) in [5.41, 5.74) is 1.50. The molecular formula is C16H24N2O3S. The molecule has 6 heteroatoms. The molecule has 122 valence electrons. The van der Waals surface area contributed by atoms with Crippen LogP contribution in [0.25, 0.3) is 0 Å². The number of carbonyl (C=O) groups excluding carboxylic acids is 1. The standard InChI is InChI=1S/C16H24N2O3S/c1-13-7-6-10-15(11-13)18(22(3,20)21)12-16(19)17(2)14-8-4-5-9-14/h6-7,10-11,14H,4-5,8-9,12H2,1-3H3. The molecule has 0 N–H and O–H groups in total. The number of amides is 1. The van der Waals surface area contributed by atoms with E-state index >= 15 is 0 Å². The summed E-state index contributed by atoms with van der Waals surface area (Å²) in [7, 11) is -1.73. The Morgan fingerprint density at radius 3 is 2.45 bits per heavy atom. The topological polar surface area (TPSA) is 57.7 Å². The van der Waals surface area contributed by atoms with Crippen LogP contribution in [0, 0.1) is 6.92 Å². The van der Waals surface area contributed by atoms with E-state index in [1.807, 2.05) is 13.0 Å². The van der Waals surface area contributed by atoms with Gasteiger partial charge in [0.15, 0.2) is 0 Å². The Labute approximate surface area is 133 Å². The third kappa shape index (κ3) is 4.00. The Morgan fingerprint density at radius 1 is 1.27 bits per heavy atom. The minimum absolute atomic E-state index is 0.144. The van der Waals surface area contributed by atoms with Crippen LogP contribution in [0.2, 0.25) is 0 Å². The van der Waals surface area contributed by atoms with Gasteiger partial charge < -0.3 is 4.90 Å². The second kappa shape index (κ2) is 6.69. The van der Waals surface area contributed by atoms with Gasteiger partial charge in [-0.05, 0) is 37.5 Å². The van der Waals surface area contributed by atoms with Gasteiger partial charge in [-0.1, -0.05) is 25.0 Å². The molecule has 0 aliphatic heterocycles. The maximum absolute atomic E-state index is 12.5. The monoisotopic (exact) mass is 324 g/mol. The Bertz CT molecular complexity index is 637. The predicted octanol–water partition coefficient (Wildman–Crippen LogP) is 2.16. The van der Waals surface area contributed by atoms with Crippen LogP contribution in [-0.4, -0.2) is 45.1 Å². The molecule has 2 rings (SSSR count). The Kier molecular flexibility index (Phi) is 5.11. The van der Waals surface area contributed by atoms with E-state index in [9.17, 15) is 13.2 Å². The van der Waals surface area contributed by atoms with Gasteiger partial charge in [0.25, 0.3) is 0 Å². The maximum atomic E-state index is 12.5. The summed E-state index contributed by atoms with van der Waals surface area (Å²) in [6.45, 7) is 1.76. The number of likely N-dealkylation sites (N-methyl/N-ethyl adjacent to an activating group) is 1. The second-order valence-electron chi connectivity index (χ2n) is 6.05. The fourth-order valence-corrected chi connectivity index (χ4v) is 3.75. The minimum Gasteiger partial charge on any atom is -0.341 e. The van der Waals surface area contributed by atoms with E-state index in [1.54, 1.807) is 30.1 Å². The molecule has 1 amide bonds. The van der Waals surface area contributed by atoms with Crippen LogP contribution in [0.4, 0.5) is 5.69 Å². The molecule has 22 heavy (non-hydrogen) atoms. The average molecular weight is 324 g/mol. The minimum atomic E-state index is -3.50. The first kappa shape index (κ1) is 16.8. The fraction of sp³-hybridized carbons (Fsp3) is 0.562. The molecule has 1 saturated carbocycles. The summed E-state index contributed by atoms with van der Waals surface area (Å²) in [5.74, 6) is -0.154. The fourth-order valence-electron chi connectivity index (χ4n) is 2.91. The molecule has 1 aromatic carbocycles. The first-order valence-electron chi connectivity index (χ1n) is 7.59. The van der Waals surface area contributed by atoms with Crippen molar-refractivity contribution in [1.29, 1.82) is 0 Å². The highest BCUT2D eigenvalue weighted by Gasteiger charge is 2.27. The lowest BCUT2D eigenvalue weighted by Gasteiger charge is -2.28. The first-order chi connectivity index (χ1) is 10.3. The van der Waals surface area contributed by atoms with Gasteiger partial charge in [0.05, 0.1) is 11.9 Å². The molecule has 0 aromatic heterocycles. The molecule has 0 spiro atoms. The molecule has 0 radical (unpaired) electrons. The molecule has 1 fully saturated rings. The predicted molar refractivity (Wildman–Crippen MR) is 88.4 cm³/mol. The van der Waals surface area contributed by atoms with Crippen LogP contribution in [0.15, 0.2) is 24.3 Å². The van der Waals surface area contributed by atoms with E-state index in [1.165, 1.54) is 4.31 Å². The van der Waals surface area contributed by atoms with Crippen molar-refractivity contribution in [2.45, 2.75) is 38.6 Å². The van der Waals surface area contributed by atoms with Gasteiger partial charge in [0.1, 0.15) is 6.54 Å². The summed E-state index contributed by atoms with van der Waals surface area (Å²) in [5, 5.41) is 0. The number of nitrogens with zero attached hydrogens (tertiary/aromatic N) is 2. The number of aryl methyl sites for hydroxylation is 1. The zero-order valence-electron chi connectivity index (χ0n) is 13.4. The number of sulfonamides is 1. The van der Waals surface area contributed by atoms with E-state index in [0.29, 0.717) is 5.69 Å². The van der Waals surface area contributed by atoms with Crippen molar-refractivity contribution in [2.75, 3.05) is 24.2 Å². The molecular weight excluding hydrogens is 300 g/mol. The smallest absolute Gasteiger partial charge is 0.243 e.